The zero-order valence-electron chi connectivity index (χ0n) is 9.41. The van der Waals surface area contributed by atoms with Crippen molar-refractivity contribution in [2.75, 3.05) is 19.6 Å². The lowest BCUT2D eigenvalue weighted by Crippen LogP contribution is -2.42. The van der Waals surface area contributed by atoms with Crippen molar-refractivity contribution < 1.29 is 35.1 Å². The maximum atomic E-state index is 12.6. The van der Waals surface area contributed by atoms with Gasteiger partial charge in [-0.3, -0.25) is 9.59 Å². The normalized spacial score (nSPS) is 20.7. The van der Waals surface area contributed by atoms with E-state index in [9.17, 15) is 35.1 Å². The minimum atomic E-state index is -4.91. The van der Waals surface area contributed by atoms with Gasteiger partial charge in [0.25, 0.3) is 0 Å². The van der Waals surface area contributed by atoms with E-state index < -0.39 is 59.5 Å². The van der Waals surface area contributed by atoms with Crippen molar-refractivity contribution >= 4 is 22.0 Å². The number of carbonyl (C=O) groups excluding carboxylic acids is 2. The number of likely N-dealkylation sites (tertiary alicyclic amines) is 1. The van der Waals surface area contributed by atoms with Crippen molar-refractivity contribution in [1.29, 1.82) is 0 Å². The zero-order valence-corrected chi connectivity index (χ0v) is 10.2. The molecule has 0 saturated carbocycles. The molecule has 1 unspecified atom stereocenters. The van der Waals surface area contributed by atoms with E-state index >= 15 is 0 Å². The largest absolute Gasteiger partial charge is 0.405 e. The van der Waals surface area contributed by atoms with Gasteiger partial charge in [-0.15, -0.1) is 3.89 Å². The van der Waals surface area contributed by atoms with Gasteiger partial charge < -0.3 is 10.2 Å². The fraction of sp³-hybridized carbons (Fsp3) is 0.750. The molecule has 6 nitrogen and oxygen atoms in total. The molecule has 0 aromatic carbocycles. The van der Waals surface area contributed by atoms with E-state index in [1.807, 2.05) is 0 Å². The van der Waals surface area contributed by atoms with E-state index in [2.05, 4.69) is 0 Å². The smallest absolute Gasteiger partial charge is 0.345 e. The number of amides is 2. The van der Waals surface area contributed by atoms with Gasteiger partial charge in [0.2, 0.25) is 11.8 Å². The van der Waals surface area contributed by atoms with Crippen LogP contribution in [-0.2, 0) is 19.8 Å². The van der Waals surface area contributed by atoms with Crippen LogP contribution in [0.5, 0.6) is 0 Å². The number of nitrogens with one attached hydrogen (secondary N) is 1. The molecule has 19 heavy (non-hydrogen) atoms. The molecule has 1 aliphatic heterocycles. The van der Waals surface area contributed by atoms with Crippen molar-refractivity contribution in [3.8, 4) is 0 Å². The number of alkyl halides is 3. The molecular formula is C8H10F4N2O4S. The Kier molecular flexibility index (Phi) is 4.38. The SMILES string of the molecule is O=C(CN1CC(S(=O)(=O)F)CC1=O)NCC(F)(F)F. The van der Waals surface area contributed by atoms with Crippen LogP contribution in [0.4, 0.5) is 17.1 Å². The maximum absolute atomic E-state index is 12.6. The number of halogens is 4. The third kappa shape index (κ3) is 5.01. The van der Waals surface area contributed by atoms with Crippen LogP contribution in [0.15, 0.2) is 0 Å². The first kappa shape index (κ1) is 15.7. The molecule has 1 aliphatic rings. The van der Waals surface area contributed by atoms with Crippen LogP contribution in [-0.4, -0.2) is 56.2 Å². The minimum Gasteiger partial charge on any atom is -0.345 e. The summed E-state index contributed by atoms with van der Waals surface area (Å²) in [6.45, 7) is -2.84. The molecule has 1 saturated heterocycles. The molecule has 0 aromatic rings. The van der Waals surface area contributed by atoms with Gasteiger partial charge >= 0.3 is 16.4 Å². The second kappa shape index (κ2) is 5.31. The fourth-order valence-electron chi connectivity index (χ4n) is 1.51. The third-order valence-corrected chi connectivity index (χ3v) is 3.51. The molecule has 1 fully saturated rings. The van der Waals surface area contributed by atoms with E-state index in [-0.39, 0.29) is 0 Å². The van der Waals surface area contributed by atoms with Gasteiger partial charge in [-0.1, -0.05) is 0 Å². The molecule has 1 rings (SSSR count). The highest BCUT2D eigenvalue weighted by Gasteiger charge is 2.39. The maximum Gasteiger partial charge on any atom is 0.405 e. The quantitative estimate of drug-likeness (QED) is 0.564. The second-order valence-electron chi connectivity index (χ2n) is 3.97. The van der Waals surface area contributed by atoms with Crippen molar-refractivity contribution in [3.05, 3.63) is 0 Å². The molecule has 110 valence electrons. The number of nitrogens with zero attached hydrogens (tertiary/aromatic N) is 1. The first-order valence-electron chi connectivity index (χ1n) is 5.04. The molecule has 0 aliphatic carbocycles. The van der Waals surface area contributed by atoms with Crippen LogP contribution in [0.1, 0.15) is 6.42 Å². The summed E-state index contributed by atoms with van der Waals surface area (Å²) < 4.78 is 69.2. The second-order valence-corrected chi connectivity index (χ2v) is 5.59. The van der Waals surface area contributed by atoms with E-state index in [4.69, 9.17) is 0 Å². The Morgan fingerprint density at radius 3 is 2.42 bits per heavy atom. The number of carbonyl (C=O) groups is 2. The van der Waals surface area contributed by atoms with Gasteiger partial charge in [0.05, 0.1) is 6.54 Å². The van der Waals surface area contributed by atoms with Crippen LogP contribution in [0.3, 0.4) is 0 Å². The highest BCUT2D eigenvalue weighted by Crippen LogP contribution is 2.19. The molecule has 2 amide bonds. The third-order valence-electron chi connectivity index (χ3n) is 2.40. The average molecular weight is 306 g/mol. The lowest BCUT2D eigenvalue weighted by Gasteiger charge is -2.16. The Bertz CT molecular complexity index is 476. The van der Waals surface area contributed by atoms with Crippen molar-refractivity contribution in [2.45, 2.75) is 17.8 Å². The van der Waals surface area contributed by atoms with E-state index in [0.717, 1.165) is 0 Å². The van der Waals surface area contributed by atoms with E-state index in [0.29, 0.717) is 4.90 Å². The van der Waals surface area contributed by atoms with Crippen LogP contribution in [0, 0.1) is 0 Å². The molecule has 1 atom stereocenters. The summed E-state index contributed by atoms with van der Waals surface area (Å²) >= 11 is 0. The molecule has 0 radical (unpaired) electrons. The van der Waals surface area contributed by atoms with Gasteiger partial charge in [-0.25, -0.2) is 0 Å². The summed E-state index contributed by atoms with van der Waals surface area (Å²) in [4.78, 5) is 23.1. The Hall–Kier alpha value is -1.39. The van der Waals surface area contributed by atoms with Crippen LogP contribution in [0.2, 0.25) is 0 Å². The molecule has 1 N–H and O–H groups in total. The van der Waals surface area contributed by atoms with Crippen LogP contribution in [0.25, 0.3) is 0 Å². The standard InChI is InChI=1S/C8H10F4N2O4S/c9-8(10,11)4-13-6(15)3-14-2-5(1-7(14)16)19(12,17)18/h5H,1-4H2,(H,13,15). The zero-order chi connectivity index (χ0) is 14.8. The lowest BCUT2D eigenvalue weighted by atomic mass is 10.4. The van der Waals surface area contributed by atoms with E-state index in [1.54, 1.807) is 0 Å². The van der Waals surface area contributed by atoms with Gasteiger partial charge in [0, 0.05) is 13.0 Å². The van der Waals surface area contributed by atoms with Crippen molar-refractivity contribution in [1.82, 2.24) is 10.2 Å². The molecule has 11 heteroatoms. The van der Waals surface area contributed by atoms with Gasteiger partial charge in [0.15, 0.2) is 0 Å². The number of hydrogen-bond acceptors (Lipinski definition) is 4. The van der Waals surface area contributed by atoms with Crippen LogP contribution >= 0.6 is 0 Å². The Morgan fingerprint density at radius 2 is 2.00 bits per heavy atom. The predicted octanol–water partition coefficient (Wildman–Crippen LogP) is -0.435. The van der Waals surface area contributed by atoms with Gasteiger partial charge in [-0.05, 0) is 0 Å². The Morgan fingerprint density at radius 1 is 1.42 bits per heavy atom. The fourth-order valence-corrected chi connectivity index (χ4v) is 2.21. The van der Waals surface area contributed by atoms with Gasteiger partial charge in [0.1, 0.15) is 11.8 Å². The molecule has 0 spiro atoms. The lowest BCUT2D eigenvalue weighted by molar-refractivity contribution is -0.141. The number of rotatable bonds is 4. The number of hydrogen-bond donors (Lipinski definition) is 1. The summed E-state index contributed by atoms with van der Waals surface area (Å²) in [6.07, 6.45) is -5.21. The van der Waals surface area contributed by atoms with Gasteiger partial charge in [-0.2, -0.15) is 21.6 Å². The highest BCUT2D eigenvalue weighted by molar-refractivity contribution is 7.87. The predicted molar refractivity (Wildman–Crippen MR) is 54.1 cm³/mol. The first-order chi connectivity index (χ1) is 8.49. The summed E-state index contributed by atoms with van der Waals surface area (Å²) in [5.74, 6) is -1.89. The first-order valence-corrected chi connectivity index (χ1v) is 6.48. The highest BCUT2D eigenvalue weighted by atomic mass is 32.3. The molecule has 1 heterocycles. The Labute approximate surface area is 106 Å². The van der Waals surface area contributed by atoms with Crippen molar-refractivity contribution in [3.63, 3.8) is 0 Å². The molecule has 0 bridgehead atoms. The summed E-state index contributed by atoms with van der Waals surface area (Å²) in [6, 6.07) is 0. The summed E-state index contributed by atoms with van der Waals surface area (Å²) in [7, 11) is -4.91. The average Bonchev–Trinajstić information content (AvgIpc) is 2.56. The minimum absolute atomic E-state index is 0.545. The Balaban J connectivity index is 2.50. The van der Waals surface area contributed by atoms with Crippen molar-refractivity contribution in [2.24, 2.45) is 0 Å². The topological polar surface area (TPSA) is 83.6 Å². The molecular weight excluding hydrogens is 296 g/mol. The molecule has 0 aromatic heterocycles. The monoisotopic (exact) mass is 306 g/mol. The van der Waals surface area contributed by atoms with Crippen LogP contribution < -0.4 is 5.32 Å². The summed E-state index contributed by atoms with van der Waals surface area (Å²) in [5.41, 5.74) is 0. The van der Waals surface area contributed by atoms with E-state index in [1.165, 1.54) is 5.32 Å². The summed E-state index contributed by atoms with van der Waals surface area (Å²) in [5, 5.41) is -0.0511.